The molecule has 0 aliphatic carbocycles. The van der Waals surface area contributed by atoms with Crippen molar-refractivity contribution in [1.29, 1.82) is 0 Å². The molecule has 2 amide bonds. The van der Waals surface area contributed by atoms with Gasteiger partial charge in [0, 0.05) is 37.3 Å². The van der Waals surface area contributed by atoms with Gasteiger partial charge in [0.15, 0.2) is 5.11 Å². The molecule has 3 aromatic rings. The lowest BCUT2D eigenvalue weighted by Gasteiger charge is -2.37. The van der Waals surface area contributed by atoms with Crippen LogP contribution in [0.3, 0.4) is 0 Å². The van der Waals surface area contributed by atoms with Crippen LogP contribution in [0.15, 0.2) is 72.8 Å². The van der Waals surface area contributed by atoms with E-state index in [-0.39, 0.29) is 16.9 Å². The van der Waals surface area contributed by atoms with Crippen LogP contribution in [0.2, 0.25) is 0 Å². The molecule has 0 unspecified atom stereocenters. The first-order chi connectivity index (χ1) is 19.9. The third-order valence-electron chi connectivity index (χ3n) is 6.70. The zero-order chi connectivity index (χ0) is 29.2. The first-order valence-electron chi connectivity index (χ1n) is 13.6. The molecule has 0 spiro atoms. The van der Waals surface area contributed by atoms with Crippen LogP contribution in [0, 0.1) is 0 Å². The summed E-state index contributed by atoms with van der Waals surface area (Å²) in [4.78, 5) is 41.9. The van der Waals surface area contributed by atoms with E-state index < -0.39 is 5.97 Å². The van der Waals surface area contributed by atoms with Crippen molar-refractivity contribution in [2.75, 3.05) is 50.1 Å². The average Bonchev–Trinajstić information content (AvgIpc) is 3.01. The van der Waals surface area contributed by atoms with E-state index in [9.17, 15) is 14.4 Å². The number of ether oxygens (including phenoxy) is 2. The Bertz CT molecular complexity index is 1370. The molecule has 3 aromatic carbocycles. The predicted molar refractivity (Wildman–Crippen MR) is 163 cm³/mol. The van der Waals surface area contributed by atoms with Crippen molar-refractivity contribution in [1.82, 2.24) is 10.2 Å². The number of methoxy groups -OCH3 is 1. The maximum absolute atomic E-state index is 12.9. The van der Waals surface area contributed by atoms with E-state index in [1.807, 2.05) is 41.3 Å². The molecule has 214 valence electrons. The second-order valence-electron chi connectivity index (χ2n) is 9.50. The van der Waals surface area contributed by atoms with Gasteiger partial charge in [-0.25, -0.2) is 4.79 Å². The lowest BCUT2D eigenvalue weighted by Crippen LogP contribution is -2.49. The first kappa shape index (κ1) is 29.5. The molecule has 0 bridgehead atoms. The Labute approximate surface area is 245 Å². The molecule has 0 aromatic heterocycles. The zero-order valence-electron chi connectivity index (χ0n) is 23.2. The van der Waals surface area contributed by atoms with Crippen molar-refractivity contribution in [2.24, 2.45) is 0 Å². The Balaban J connectivity index is 1.43. The number of carbonyl (C=O) groups excluding carboxylic acids is 3. The van der Waals surface area contributed by atoms with Crippen molar-refractivity contribution in [3.05, 3.63) is 89.5 Å². The summed E-state index contributed by atoms with van der Waals surface area (Å²) < 4.78 is 10.5. The molecule has 0 saturated carbocycles. The summed E-state index contributed by atoms with van der Waals surface area (Å²) in [6.45, 7) is 4.95. The molecule has 0 radical (unpaired) electrons. The third-order valence-corrected chi connectivity index (χ3v) is 6.91. The molecular weight excluding hydrogens is 540 g/mol. The van der Waals surface area contributed by atoms with Gasteiger partial charge in [-0.1, -0.05) is 31.5 Å². The van der Waals surface area contributed by atoms with Gasteiger partial charge >= 0.3 is 5.97 Å². The Hall–Kier alpha value is -4.44. The number of hydrogen-bond acceptors (Lipinski definition) is 7. The lowest BCUT2D eigenvalue weighted by molar-refractivity contribution is 0.0600. The summed E-state index contributed by atoms with van der Waals surface area (Å²) in [6, 6.07) is 21.2. The molecule has 10 heteroatoms. The fourth-order valence-corrected chi connectivity index (χ4v) is 4.64. The van der Waals surface area contributed by atoms with Crippen LogP contribution in [-0.2, 0) is 4.74 Å². The number of anilines is 2. The number of hydrogen-bond donors (Lipinski definition) is 2. The fourth-order valence-electron chi connectivity index (χ4n) is 4.44. The van der Waals surface area contributed by atoms with E-state index in [1.54, 1.807) is 36.4 Å². The minimum Gasteiger partial charge on any atom is -0.494 e. The van der Waals surface area contributed by atoms with Crippen LogP contribution >= 0.6 is 12.2 Å². The number of carbonyl (C=O) groups is 3. The summed E-state index contributed by atoms with van der Waals surface area (Å²) in [5.74, 6) is -0.171. The highest BCUT2D eigenvalue weighted by molar-refractivity contribution is 7.80. The van der Waals surface area contributed by atoms with Crippen molar-refractivity contribution >= 4 is 46.5 Å². The Morgan fingerprint density at radius 3 is 2.22 bits per heavy atom. The largest absolute Gasteiger partial charge is 0.494 e. The predicted octanol–water partition coefficient (Wildman–Crippen LogP) is 4.74. The van der Waals surface area contributed by atoms with Gasteiger partial charge in [-0.2, -0.15) is 0 Å². The number of rotatable bonds is 9. The van der Waals surface area contributed by atoms with Crippen LogP contribution in [-0.4, -0.2) is 67.7 Å². The van der Waals surface area contributed by atoms with Crippen molar-refractivity contribution in [2.45, 2.75) is 19.8 Å². The molecule has 4 rings (SSSR count). The standard InChI is InChI=1S/C31H34N4O5S/c1-3-4-20-40-25-13-10-22(11-14-25)28(36)33-31(41)32-26-21-24(30(38)39-2)12-15-27(26)34-16-18-35(19-17-34)29(37)23-8-6-5-7-9-23/h5-15,21H,3-4,16-20H2,1-2H3,(H2,32,33,36,41). The molecule has 1 heterocycles. The monoisotopic (exact) mass is 574 g/mol. The van der Waals surface area contributed by atoms with Gasteiger partial charge in [-0.05, 0) is 73.2 Å². The summed E-state index contributed by atoms with van der Waals surface area (Å²) in [7, 11) is 1.32. The molecule has 1 saturated heterocycles. The minimum absolute atomic E-state index is 0.00548. The SMILES string of the molecule is CCCCOc1ccc(C(=O)NC(=S)Nc2cc(C(=O)OC)ccc2N2CCN(C(=O)c3ccccc3)CC2)cc1. The van der Waals surface area contributed by atoms with Gasteiger partial charge in [0.25, 0.3) is 11.8 Å². The summed E-state index contributed by atoms with van der Waals surface area (Å²) >= 11 is 5.46. The van der Waals surface area contributed by atoms with Gasteiger partial charge in [0.05, 0.1) is 30.7 Å². The summed E-state index contributed by atoms with van der Waals surface area (Å²) in [6.07, 6.45) is 2.00. The fraction of sp³-hybridized carbons (Fsp3) is 0.290. The van der Waals surface area contributed by atoms with E-state index in [4.69, 9.17) is 21.7 Å². The summed E-state index contributed by atoms with van der Waals surface area (Å²) in [5, 5.41) is 5.86. The minimum atomic E-state index is -0.492. The second kappa shape index (κ2) is 14.3. The lowest BCUT2D eigenvalue weighted by atomic mass is 10.1. The molecule has 9 nitrogen and oxygen atoms in total. The van der Waals surface area contributed by atoms with Gasteiger partial charge < -0.3 is 24.6 Å². The first-order valence-corrected chi connectivity index (χ1v) is 14.0. The van der Waals surface area contributed by atoms with Crippen LogP contribution in [0.1, 0.15) is 50.8 Å². The highest BCUT2D eigenvalue weighted by Gasteiger charge is 2.24. The number of benzene rings is 3. The normalized spacial score (nSPS) is 12.8. The van der Waals surface area contributed by atoms with Gasteiger partial charge in [-0.3, -0.25) is 14.9 Å². The smallest absolute Gasteiger partial charge is 0.337 e. The highest BCUT2D eigenvalue weighted by atomic mass is 32.1. The maximum Gasteiger partial charge on any atom is 0.337 e. The summed E-state index contributed by atoms with van der Waals surface area (Å²) in [5.41, 5.74) is 2.75. The number of nitrogens with one attached hydrogen (secondary N) is 2. The number of esters is 1. The van der Waals surface area contributed by atoms with Gasteiger partial charge in [0.2, 0.25) is 0 Å². The van der Waals surface area contributed by atoms with Gasteiger partial charge in [-0.15, -0.1) is 0 Å². The molecule has 0 atom stereocenters. The second-order valence-corrected chi connectivity index (χ2v) is 9.91. The van der Waals surface area contributed by atoms with E-state index in [1.165, 1.54) is 7.11 Å². The Kier molecular flexibility index (Phi) is 10.3. The third kappa shape index (κ3) is 7.82. The van der Waals surface area contributed by atoms with E-state index in [0.717, 1.165) is 18.5 Å². The van der Waals surface area contributed by atoms with Crippen LogP contribution in [0.5, 0.6) is 5.75 Å². The van der Waals surface area contributed by atoms with E-state index in [2.05, 4.69) is 22.5 Å². The van der Waals surface area contributed by atoms with Gasteiger partial charge in [0.1, 0.15) is 5.75 Å². The molecule has 1 aliphatic heterocycles. The number of thiocarbonyl (C=S) groups is 1. The molecule has 1 fully saturated rings. The quantitative estimate of drug-likeness (QED) is 0.215. The molecule has 41 heavy (non-hydrogen) atoms. The van der Waals surface area contributed by atoms with Crippen molar-refractivity contribution in [3.8, 4) is 5.75 Å². The number of piperazine rings is 1. The Morgan fingerprint density at radius 1 is 0.878 bits per heavy atom. The van der Waals surface area contributed by atoms with Crippen LogP contribution in [0.25, 0.3) is 0 Å². The Morgan fingerprint density at radius 2 is 1.56 bits per heavy atom. The maximum atomic E-state index is 12.9. The van der Waals surface area contributed by atoms with Crippen molar-refractivity contribution < 1.29 is 23.9 Å². The van der Waals surface area contributed by atoms with Crippen LogP contribution < -0.4 is 20.3 Å². The van der Waals surface area contributed by atoms with E-state index in [0.29, 0.717) is 60.9 Å². The number of unbranched alkanes of at least 4 members (excludes halogenated alkanes) is 1. The number of amides is 2. The van der Waals surface area contributed by atoms with Crippen molar-refractivity contribution in [3.63, 3.8) is 0 Å². The van der Waals surface area contributed by atoms with E-state index >= 15 is 0 Å². The topological polar surface area (TPSA) is 100 Å². The number of nitrogens with zero attached hydrogens (tertiary/aromatic N) is 2. The van der Waals surface area contributed by atoms with Crippen LogP contribution in [0.4, 0.5) is 11.4 Å². The molecule has 1 aliphatic rings. The molecule has 2 N–H and O–H groups in total. The molecular formula is C31H34N4O5S. The average molecular weight is 575 g/mol. The highest BCUT2D eigenvalue weighted by Crippen LogP contribution is 2.29. The zero-order valence-corrected chi connectivity index (χ0v) is 24.0.